The molecular formula is C12H12ClN3O2. The van der Waals surface area contributed by atoms with Crippen molar-refractivity contribution in [2.24, 2.45) is 0 Å². The monoisotopic (exact) mass is 265 g/mol. The van der Waals surface area contributed by atoms with Crippen LogP contribution < -0.4 is 5.76 Å². The van der Waals surface area contributed by atoms with Gasteiger partial charge in [0.2, 0.25) is 0 Å². The Morgan fingerprint density at radius 3 is 2.94 bits per heavy atom. The maximum atomic E-state index is 11.5. The van der Waals surface area contributed by atoms with E-state index in [2.05, 4.69) is 10.1 Å². The van der Waals surface area contributed by atoms with E-state index in [9.17, 15) is 4.79 Å². The van der Waals surface area contributed by atoms with Crippen molar-refractivity contribution in [1.29, 1.82) is 0 Å². The second-order valence-corrected chi connectivity index (χ2v) is 4.86. The molecule has 0 unspecified atom stereocenters. The van der Waals surface area contributed by atoms with Crippen LogP contribution in [-0.2, 0) is 13.0 Å². The van der Waals surface area contributed by atoms with Crippen LogP contribution in [0.3, 0.4) is 0 Å². The molecule has 1 fully saturated rings. The van der Waals surface area contributed by atoms with E-state index in [4.69, 9.17) is 16.1 Å². The fourth-order valence-electron chi connectivity index (χ4n) is 1.92. The molecule has 2 heterocycles. The average Bonchev–Trinajstić information content (AvgIpc) is 3.14. The van der Waals surface area contributed by atoms with E-state index in [1.807, 2.05) is 6.07 Å². The van der Waals surface area contributed by atoms with Crippen LogP contribution in [0, 0.1) is 0 Å². The smallest absolute Gasteiger partial charge is 0.296 e. The Hall–Kier alpha value is -1.62. The summed E-state index contributed by atoms with van der Waals surface area (Å²) < 4.78 is 6.34. The molecule has 3 rings (SSSR count). The first kappa shape index (κ1) is 11.5. The number of nitrogens with zero attached hydrogens (tertiary/aromatic N) is 3. The number of rotatable bonds is 4. The SMILES string of the molecule is O=c1onc(C2CC2)n1CCc1ccc(Cl)nc1. The van der Waals surface area contributed by atoms with Gasteiger partial charge in [-0.25, -0.2) is 9.78 Å². The van der Waals surface area contributed by atoms with Crippen molar-refractivity contribution in [2.75, 3.05) is 0 Å². The molecule has 0 aliphatic heterocycles. The van der Waals surface area contributed by atoms with Crippen LogP contribution in [0.1, 0.15) is 30.1 Å². The van der Waals surface area contributed by atoms with Gasteiger partial charge in [-0.15, -0.1) is 0 Å². The maximum Gasteiger partial charge on any atom is 0.441 e. The topological polar surface area (TPSA) is 60.9 Å². The number of pyridine rings is 1. The van der Waals surface area contributed by atoms with Gasteiger partial charge in [0.05, 0.1) is 0 Å². The van der Waals surface area contributed by atoms with Crippen molar-refractivity contribution in [3.63, 3.8) is 0 Å². The summed E-state index contributed by atoms with van der Waals surface area (Å²) in [7, 11) is 0. The Balaban J connectivity index is 1.74. The fourth-order valence-corrected chi connectivity index (χ4v) is 2.03. The van der Waals surface area contributed by atoms with Gasteiger partial charge in [0.15, 0.2) is 5.82 Å². The first-order valence-electron chi connectivity index (χ1n) is 5.91. The van der Waals surface area contributed by atoms with Gasteiger partial charge >= 0.3 is 5.76 Å². The van der Waals surface area contributed by atoms with E-state index in [0.29, 0.717) is 24.0 Å². The lowest BCUT2D eigenvalue weighted by Gasteiger charge is -2.03. The minimum Gasteiger partial charge on any atom is -0.296 e. The molecule has 0 aromatic carbocycles. The summed E-state index contributed by atoms with van der Waals surface area (Å²) >= 11 is 5.72. The number of hydrogen-bond donors (Lipinski definition) is 0. The van der Waals surface area contributed by atoms with Crippen LogP contribution in [0.5, 0.6) is 0 Å². The van der Waals surface area contributed by atoms with Crippen molar-refractivity contribution in [3.8, 4) is 0 Å². The van der Waals surface area contributed by atoms with Crippen LogP contribution in [0.2, 0.25) is 5.15 Å². The largest absolute Gasteiger partial charge is 0.441 e. The quantitative estimate of drug-likeness (QED) is 0.794. The summed E-state index contributed by atoms with van der Waals surface area (Å²) in [6, 6.07) is 3.65. The molecule has 0 atom stereocenters. The van der Waals surface area contributed by atoms with E-state index in [0.717, 1.165) is 24.2 Å². The van der Waals surface area contributed by atoms with Crippen LogP contribution in [0.15, 0.2) is 27.6 Å². The molecule has 0 spiro atoms. The lowest BCUT2D eigenvalue weighted by Crippen LogP contribution is -2.18. The fraction of sp³-hybridized carbons (Fsp3) is 0.417. The van der Waals surface area contributed by atoms with Crippen LogP contribution in [0.4, 0.5) is 0 Å². The highest BCUT2D eigenvalue weighted by Gasteiger charge is 2.30. The summed E-state index contributed by atoms with van der Waals surface area (Å²) in [5.74, 6) is 0.806. The molecule has 1 aliphatic carbocycles. The Morgan fingerprint density at radius 2 is 2.28 bits per heavy atom. The van der Waals surface area contributed by atoms with E-state index < -0.39 is 0 Å². The van der Waals surface area contributed by atoms with Crippen molar-refractivity contribution in [3.05, 3.63) is 45.4 Å². The molecule has 6 heteroatoms. The molecule has 94 valence electrons. The highest BCUT2D eigenvalue weighted by atomic mass is 35.5. The maximum absolute atomic E-state index is 11.5. The first-order chi connectivity index (χ1) is 8.74. The minimum atomic E-state index is -0.376. The Morgan fingerprint density at radius 1 is 1.44 bits per heavy atom. The molecule has 1 aliphatic rings. The lowest BCUT2D eigenvalue weighted by atomic mass is 10.2. The summed E-state index contributed by atoms with van der Waals surface area (Å²) in [5, 5.41) is 4.31. The third kappa shape index (κ3) is 2.31. The molecule has 2 aromatic rings. The predicted molar refractivity (Wildman–Crippen MR) is 65.7 cm³/mol. The zero-order valence-electron chi connectivity index (χ0n) is 9.67. The summed E-state index contributed by atoms with van der Waals surface area (Å²) in [4.78, 5) is 15.6. The molecule has 0 N–H and O–H groups in total. The van der Waals surface area contributed by atoms with Crippen molar-refractivity contribution >= 4 is 11.6 Å². The van der Waals surface area contributed by atoms with Gasteiger partial charge in [0, 0.05) is 18.7 Å². The van der Waals surface area contributed by atoms with Crippen molar-refractivity contribution < 1.29 is 4.52 Å². The molecule has 0 radical (unpaired) electrons. The second-order valence-electron chi connectivity index (χ2n) is 4.47. The summed E-state index contributed by atoms with van der Waals surface area (Å²) in [6.45, 7) is 0.567. The van der Waals surface area contributed by atoms with Gasteiger partial charge in [0.1, 0.15) is 5.15 Å². The van der Waals surface area contributed by atoms with Gasteiger partial charge < -0.3 is 0 Å². The number of hydrogen-bond acceptors (Lipinski definition) is 4. The van der Waals surface area contributed by atoms with E-state index in [1.54, 1.807) is 16.8 Å². The Kier molecular flexibility index (Phi) is 2.91. The van der Waals surface area contributed by atoms with Crippen molar-refractivity contribution in [2.45, 2.75) is 31.7 Å². The van der Waals surface area contributed by atoms with Gasteiger partial charge in [-0.1, -0.05) is 22.8 Å². The molecule has 0 amide bonds. The predicted octanol–water partition coefficient (Wildman–Crippen LogP) is 2.00. The number of aryl methyl sites for hydroxylation is 1. The molecular weight excluding hydrogens is 254 g/mol. The summed E-state index contributed by atoms with van der Waals surface area (Å²) in [6.07, 6.45) is 4.62. The van der Waals surface area contributed by atoms with E-state index in [1.165, 1.54) is 0 Å². The highest BCUT2D eigenvalue weighted by Crippen LogP contribution is 2.38. The lowest BCUT2D eigenvalue weighted by molar-refractivity contribution is 0.373. The molecule has 2 aromatic heterocycles. The van der Waals surface area contributed by atoms with Crippen LogP contribution in [0.25, 0.3) is 0 Å². The second kappa shape index (κ2) is 4.57. The summed E-state index contributed by atoms with van der Waals surface area (Å²) in [5.41, 5.74) is 1.04. The molecule has 5 nitrogen and oxygen atoms in total. The molecule has 0 bridgehead atoms. The Labute approximate surface area is 108 Å². The van der Waals surface area contributed by atoms with Crippen LogP contribution >= 0.6 is 11.6 Å². The van der Waals surface area contributed by atoms with Crippen LogP contribution in [-0.4, -0.2) is 14.7 Å². The van der Waals surface area contributed by atoms with E-state index in [-0.39, 0.29) is 5.76 Å². The zero-order valence-corrected chi connectivity index (χ0v) is 10.4. The third-order valence-corrected chi connectivity index (χ3v) is 3.29. The minimum absolute atomic E-state index is 0.376. The van der Waals surface area contributed by atoms with Gasteiger partial charge in [-0.2, -0.15) is 0 Å². The zero-order chi connectivity index (χ0) is 12.5. The molecule has 0 saturated heterocycles. The van der Waals surface area contributed by atoms with Gasteiger partial charge in [-0.3, -0.25) is 9.09 Å². The van der Waals surface area contributed by atoms with E-state index >= 15 is 0 Å². The van der Waals surface area contributed by atoms with Gasteiger partial charge in [-0.05, 0) is 30.9 Å². The Bertz CT molecular complexity index is 599. The van der Waals surface area contributed by atoms with Crippen molar-refractivity contribution in [1.82, 2.24) is 14.7 Å². The highest BCUT2D eigenvalue weighted by molar-refractivity contribution is 6.29. The first-order valence-corrected chi connectivity index (χ1v) is 6.28. The standard InChI is InChI=1S/C12H12ClN3O2/c13-10-4-1-8(7-14-10)5-6-16-11(9-2-3-9)15-18-12(16)17/h1,4,7,9H,2-3,5-6H2. The third-order valence-electron chi connectivity index (χ3n) is 3.07. The molecule has 1 saturated carbocycles. The average molecular weight is 266 g/mol. The number of halogens is 1. The molecule has 18 heavy (non-hydrogen) atoms. The number of aromatic nitrogens is 3. The van der Waals surface area contributed by atoms with Gasteiger partial charge in [0.25, 0.3) is 0 Å². The normalized spacial score (nSPS) is 14.9.